The van der Waals surface area contributed by atoms with Crippen molar-refractivity contribution in [1.82, 2.24) is 0 Å². The van der Waals surface area contributed by atoms with E-state index in [0.29, 0.717) is 5.75 Å². The number of phenolic OH excluding ortho intramolecular Hbond substituents is 1. The van der Waals surface area contributed by atoms with Gasteiger partial charge in [0.05, 0.1) is 0 Å². The monoisotopic (exact) mass is 450 g/mol. The SMILES string of the molecule is C=C/C=C(\C=C/C)C(C)(CC)c1cc(C(C)c2ccccc2)c(O)c(C(C)c2ccccc2)c1. The highest BCUT2D eigenvalue weighted by molar-refractivity contribution is 5.55. The van der Waals surface area contributed by atoms with Gasteiger partial charge in [0, 0.05) is 28.4 Å². The highest BCUT2D eigenvalue weighted by atomic mass is 16.3. The number of allylic oxidation sites excluding steroid dienone is 5. The standard InChI is InChI=1S/C33H38O/c1-7-16-28(17-8-2)33(6,9-3)29-22-30(24(4)26-18-12-10-13-19-26)32(34)31(23-29)25(5)27-20-14-11-15-21-27/h7-8,10-25,34H,1,9H2,2-6H3/b17-8-,28-16+. The largest absolute Gasteiger partial charge is 0.507 e. The third-order valence-electron chi connectivity index (χ3n) is 7.33. The minimum Gasteiger partial charge on any atom is -0.507 e. The summed E-state index contributed by atoms with van der Waals surface area (Å²) in [6.45, 7) is 14.9. The fourth-order valence-corrected chi connectivity index (χ4v) is 4.81. The molecule has 0 spiro atoms. The molecular formula is C33H38O. The Morgan fingerprint density at radius 1 is 0.912 bits per heavy atom. The van der Waals surface area contributed by atoms with Crippen molar-refractivity contribution in [2.45, 2.75) is 58.3 Å². The summed E-state index contributed by atoms with van der Waals surface area (Å²) >= 11 is 0. The van der Waals surface area contributed by atoms with E-state index in [-0.39, 0.29) is 17.3 Å². The Bertz CT molecular complexity index is 1090. The van der Waals surface area contributed by atoms with Crippen LogP contribution in [0.2, 0.25) is 0 Å². The van der Waals surface area contributed by atoms with Crippen LogP contribution in [0.25, 0.3) is 0 Å². The van der Waals surface area contributed by atoms with Gasteiger partial charge in [0.1, 0.15) is 5.75 Å². The topological polar surface area (TPSA) is 20.2 Å². The molecule has 0 aliphatic rings. The molecule has 0 fully saturated rings. The summed E-state index contributed by atoms with van der Waals surface area (Å²) in [7, 11) is 0. The number of rotatable bonds is 9. The van der Waals surface area contributed by atoms with E-state index in [9.17, 15) is 5.11 Å². The van der Waals surface area contributed by atoms with Crippen LogP contribution in [0.4, 0.5) is 0 Å². The summed E-state index contributed by atoms with van der Waals surface area (Å²) in [6, 6.07) is 25.3. The molecule has 1 heteroatoms. The third-order valence-corrected chi connectivity index (χ3v) is 7.33. The molecule has 0 bridgehead atoms. The summed E-state index contributed by atoms with van der Waals surface area (Å²) in [6.07, 6.45) is 9.17. The molecule has 3 aromatic rings. The minimum absolute atomic E-state index is 0.0672. The van der Waals surface area contributed by atoms with E-state index in [1.165, 1.54) is 22.3 Å². The quantitative estimate of drug-likeness (QED) is 0.322. The van der Waals surface area contributed by atoms with Crippen molar-refractivity contribution < 1.29 is 5.11 Å². The zero-order valence-electron chi connectivity index (χ0n) is 21.3. The first-order valence-corrected chi connectivity index (χ1v) is 12.3. The van der Waals surface area contributed by atoms with E-state index in [4.69, 9.17) is 0 Å². The molecule has 0 heterocycles. The van der Waals surface area contributed by atoms with E-state index in [0.717, 1.165) is 17.5 Å². The zero-order valence-corrected chi connectivity index (χ0v) is 21.3. The molecule has 0 radical (unpaired) electrons. The number of aromatic hydroxyl groups is 1. The lowest BCUT2D eigenvalue weighted by Crippen LogP contribution is -2.24. The molecule has 3 aromatic carbocycles. The predicted octanol–water partition coefficient (Wildman–Crippen LogP) is 9.05. The van der Waals surface area contributed by atoms with E-state index in [2.05, 4.69) is 120 Å². The van der Waals surface area contributed by atoms with Crippen LogP contribution >= 0.6 is 0 Å². The molecule has 0 saturated carbocycles. The molecule has 34 heavy (non-hydrogen) atoms. The average Bonchev–Trinajstić information content (AvgIpc) is 2.88. The van der Waals surface area contributed by atoms with Gasteiger partial charge in [-0.15, -0.1) is 0 Å². The second-order valence-corrected chi connectivity index (χ2v) is 9.31. The van der Waals surface area contributed by atoms with Gasteiger partial charge < -0.3 is 5.11 Å². The van der Waals surface area contributed by atoms with Crippen molar-refractivity contribution in [3.05, 3.63) is 137 Å². The third kappa shape index (κ3) is 5.09. The van der Waals surface area contributed by atoms with Crippen molar-refractivity contribution in [3.63, 3.8) is 0 Å². The van der Waals surface area contributed by atoms with Gasteiger partial charge >= 0.3 is 0 Å². The predicted molar refractivity (Wildman–Crippen MR) is 147 cm³/mol. The van der Waals surface area contributed by atoms with E-state index < -0.39 is 0 Å². The van der Waals surface area contributed by atoms with Crippen LogP contribution in [-0.2, 0) is 5.41 Å². The number of hydrogen-bond donors (Lipinski definition) is 1. The molecule has 3 unspecified atom stereocenters. The second-order valence-electron chi connectivity index (χ2n) is 9.31. The Hall–Kier alpha value is -3.32. The molecule has 0 aliphatic carbocycles. The Morgan fingerprint density at radius 2 is 1.38 bits per heavy atom. The van der Waals surface area contributed by atoms with E-state index in [1.807, 2.05) is 18.2 Å². The van der Waals surface area contributed by atoms with Crippen LogP contribution in [0.5, 0.6) is 5.75 Å². The van der Waals surface area contributed by atoms with Crippen LogP contribution < -0.4 is 0 Å². The highest BCUT2D eigenvalue weighted by Gasteiger charge is 2.31. The highest BCUT2D eigenvalue weighted by Crippen LogP contribution is 2.45. The first-order valence-electron chi connectivity index (χ1n) is 12.3. The molecule has 0 amide bonds. The van der Waals surface area contributed by atoms with Gasteiger partial charge in [-0.25, -0.2) is 0 Å². The van der Waals surface area contributed by atoms with Gasteiger partial charge in [0.2, 0.25) is 0 Å². The van der Waals surface area contributed by atoms with E-state index >= 15 is 0 Å². The molecule has 1 N–H and O–H groups in total. The molecular weight excluding hydrogens is 412 g/mol. The van der Waals surface area contributed by atoms with Gasteiger partial charge in [-0.1, -0.05) is 131 Å². The summed E-state index contributed by atoms with van der Waals surface area (Å²) in [5.74, 6) is 0.533. The molecule has 0 saturated heterocycles. The van der Waals surface area contributed by atoms with Crippen molar-refractivity contribution in [2.24, 2.45) is 0 Å². The number of hydrogen-bond acceptors (Lipinski definition) is 1. The summed E-state index contributed by atoms with van der Waals surface area (Å²) in [5, 5.41) is 11.6. The molecule has 0 aromatic heterocycles. The van der Waals surface area contributed by atoms with Crippen molar-refractivity contribution in [1.29, 1.82) is 0 Å². The Balaban J connectivity index is 2.29. The average molecular weight is 451 g/mol. The molecule has 0 aliphatic heterocycles. The normalized spacial score (nSPS) is 15.6. The van der Waals surface area contributed by atoms with Crippen LogP contribution in [0.3, 0.4) is 0 Å². The van der Waals surface area contributed by atoms with Gasteiger partial charge in [0.15, 0.2) is 0 Å². The van der Waals surface area contributed by atoms with Crippen molar-refractivity contribution in [3.8, 4) is 5.75 Å². The molecule has 1 nitrogen and oxygen atoms in total. The Labute approximate surface area is 206 Å². The lowest BCUT2D eigenvalue weighted by molar-refractivity contribution is 0.454. The van der Waals surface area contributed by atoms with Gasteiger partial charge in [0.25, 0.3) is 0 Å². The van der Waals surface area contributed by atoms with Crippen molar-refractivity contribution >= 4 is 0 Å². The summed E-state index contributed by atoms with van der Waals surface area (Å²) < 4.78 is 0. The molecule has 3 atom stereocenters. The smallest absolute Gasteiger partial charge is 0.123 e. The minimum atomic E-state index is -0.218. The molecule has 176 valence electrons. The van der Waals surface area contributed by atoms with Crippen LogP contribution in [0, 0.1) is 0 Å². The Morgan fingerprint density at radius 3 is 1.76 bits per heavy atom. The molecule has 3 rings (SSSR count). The van der Waals surface area contributed by atoms with Crippen LogP contribution in [0.1, 0.15) is 80.7 Å². The maximum Gasteiger partial charge on any atom is 0.123 e. The maximum atomic E-state index is 11.6. The van der Waals surface area contributed by atoms with Crippen LogP contribution in [0.15, 0.2) is 109 Å². The summed E-state index contributed by atoms with van der Waals surface area (Å²) in [4.78, 5) is 0. The maximum absolute atomic E-state index is 11.6. The fourth-order valence-electron chi connectivity index (χ4n) is 4.81. The Kier molecular flexibility index (Phi) is 8.34. The van der Waals surface area contributed by atoms with Gasteiger partial charge in [-0.2, -0.15) is 0 Å². The summed E-state index contributed by atoms with van der Waals surface area (Å²) in [5.41, 5.74) is 6.55. The second kappa shape index (κ2) is 11.2. The van der Waals surface area contributed by atoms with Gasteiger partial charge in [-0.3, -0.25) is 0 Å². The van der Waals surface area contributed by atoms with E-state index in [1.54, 1.807) is 0 Å². The lowest BCUT2D eigenvalue weighted by atomic mass is 9.71. The first-order chi connectivity index (χ1) is 16.4. The fraction of sp³-hybridized carbons (Fsp3) is 0.273. The van der Waals surface area contributed by atoms with Crippen molar-refractivity contribution in [2.75, 3.05) is 0 Å². The van der Waals surface area contributed by atoms with Crippen LogP contribution in [-0.4, -0.2) is 5.11 Å². The zero-order chi connectivity index (χ0) is 24.7. The first kappa shape index (κ1) is 25.3. The number of phenols is 1. The van der Waals surface area contributed by atoms with Gasteiger partial charge in [-0.05, 0) is 35.6 Å². The number of benzene rings is 3. The lowest BCUT2D eigenvalue weighted by Gasteiger charge is -2.33.